The summed E-state index contributed by atoms with van der Waals surface area (Å²) in [6.45, 7) is 2.08. The first-order chi connectivity index (χ1) is 8.35. The van der Waals surface area contributed by atoms with Gasteiger partial charge in [-0.3, -0.25) is 4.98 Å². The molecular weight excluding hydrogens is 238 g/mol. The van der Waals surface area contributed by atoms with Crippen LogP contribution in [0.2, 0.25) is 0 Å². The van der Waals surface area contributed by atoms with E-state index in [0.29, 0.717) is 17.6 Å². The van der Waals surface area contributed by atoms with Crippen LogP contribution < -0.4 is 0 Å². The average Bonchev–Trinajstić information content (AvgIpc) is 2.85. The number of pyridine rings is 1. The smallest absolute Gasteiger partial charge is 0.227 e. The predicted octanol–water partition coefficient (Wildman–Crippen LogP) is 2.87. The van der Waals surface area contributed by atoms with Gasteiger partial charge in [0.1, 0.15) is 0 Å². The van der Waals surface area contributed by atoms with Gasteiger partial charge >= 0.3 is 0 Å². The van der Waals surface area contributed by atoms with Crippen LogP contribution in [0.3, 0.4) is 0 Å². The summed E-state index contributed by atoms with van der Waals surface area (Å²) < 4.78 is 5.18. The van der Waals surface area contributed by atoms with E-state index in [-0.39, 0.29) is 0 Å². The third-order valence-electron chi connectivity index (χ3n) is 2.52. The van der Waals surface area contributed by atoms with Crippen LogP contribution in [0.4, 0.5) is 0 Å². The summed E-state index contributed by atoms with van der Waals surface area (Å²) in [5.74, 6) is 1.88. The zero-order valence-electron chi connectivity index (χ0n) is 9.69. The minimum atomic E-state index is 0.604. The Bertz CT molecular complexity index is 484. The maximum Gasteiger partial charge on any atom is 0.227 e. The Morgan fingerprint density at radius 1 is 1.41 bits per heavy atom. The molecule has 0 radical (unpaired) electrons. The van der Waals surface area contributed by atoms with E-state index in [4.69, 9.17) is 16.1 Å². The van der Waals surface area contributed by atoms with Crippen molar-refractivity contribution in [2.45, 2.75) is 26.2 Å². The molecule has 0 amide bonds. The quantitative estimate of drug-likeness (QED) is 0.767. The van der Waals surface area contributed by atoms with Crippen molar-refractivity contribution < 1.29 is 4.52 Å². The van der Waals surface area contributed by atoms with E-state index in [1.54, 1.807) is 6.20 Å². The number of hydrogen-bond acceptors (Lipinski definition) is 4. The first kappa shape index (κ1) is 12.0. The molecule has 90 valence electrons. The molecule has 0 saturated heterocycles. The van der Waals surface area contributed by atoms with E-state index in [0.717, 1.165) is 30.4 Å². The van der Waals surface area contributed by atoms with Gasteiger partial charge in [0.2, 0.25) is 11.7 Å². The van der Waals surface area contributed by atoms with E-state index in [2.05, 4.69) is 22.0 Å². The molecule has 2 rings (SSSR count). The lowest BCUT2D eigenvalue weighted by atomic mass is 10.1. The van der Waals surface area contributed by atoms with Crippen molar-refractivity contribution in [1.82, 2.24) is 15.1 Å². The monoisotopic (exact) mass is 251 g/mol. The van der Waals surface area contributed by atoms with Gasteiger partial charge in [-0.05, 0) is 24.5 Å². The topological polar surface area (TPSA) is 51.8 Å². The second-order valence-electron chi connectivity index (χ2n) is 3.69. The largest absolute Gasteiger partial charge is 0.339 e. The van der Waals surface area contributed by atoms with Gasteiger partial charge in [0.15, 0.2) is 0 Å². The van der Waals surface area contributed by atoms with E-state index in [1.165, 1.54) is 0 Å². The Balaban J connectivity index is 2.24. The van der Waals surface area contributed by atoms with E-state index >= 15 is 0 Å². The van der Waals surface area contributed by atoms with Crippen molar-refractivity contribution in [2.24, 2.45) is 0 Å². The molecule has 0 saturated carbocycles. The summed E-state index contributed by atoms with van der Waals surface area (Å²) in [5, 5.41) is 3.99. The van der Waals surface area contributed by atoms with Crippen LogP contribution in [0.5, 0.6) is 0 Å². The molecule has 0 aromatic carbocycles. The summed E-state index contributed by atoms with van der Waals surface area (Å²) in [6, 6.07) is 1.91. The minimum absolute atomic E-state index is 0.604. The molecule has 0 N–H and O–H groups in total. The highest BCUT2D eigenvalue weighted by atomic mass is 35.5. The molecule has 5 heteroatoms. The van der Waals surface area contributed by atoms with Gasteiger partial charge in [-0.1, -0.05) is 12.1 Å². The molecule has 0 aliphatic rings. The molecule has 0 unspecified atom stereocenters. The number of hydrogen-bond donors (Lipinski definition) is 0. The zero-order chi connectivity index (χ0) is 12.1. The lowest BCUT2D eigenvalue weighted by molar-refractivity contribution is 0.378. The van der Waals surface area contributed by atoms with Gasteiger partial charge in [-0.2, -0.15) is 4.98 Å². The normalized spacial score (nSPS) is 10.7. The van der Waals surface area contributed by atoms with Crippen LogP contribution in [-0.2, 0) is 12.8 Å². The second kappa shape index (κ2) is 5.77. The van der Waals surface area contributed by atoms with E-state index in [9.17, 15) is 0 Å². The fraction of sp³-hybridized carbons (Fsp3) is 0.417. The van der Waals surface area contributed by atoms with Gasteiger partial charge in [-0.25, -0.2) is 0 Å². The number of nitrogens with zero attached hydrogens (tertiary/aromatic N) is 3. The number of aromatic nitrogens is 3. The number of halogens is 1. The molecule has 0 aliphatic carbocycles. The molecule has 2 aromatic heterocycles. The van der Waals surface area contributed by atoms with Crippen molar-refractivity contribution >= 4 is 11.6 Å². The molecule has 0 atom stereocenters. The van der Waals surface area contributed by atoms with Crippen LogP contribution in [0.1, 0.15) is 24.8 Å². The van der Waals surface area contributed by atoms with Crippen LogP contribution in [0.25, 0.3) is 11.4 Å². The van der Waals surface area contributed by atoms with Gasteiger partial charge in [0, 0.05) is 30.3 Å². The molecule has 4 nitrogen and oxygen atoms in total. The first-order valence-electron chi connectivity index (χ1n) is 5.67. The molecule has 17 heavy (non-hydrogen) atoms. The van der Waals surface area contributed by atoms with Crippen LogP contribution >= 0.6 is 11.6 Å². The highest BCUT2D eigenvalue weighted by Crippen LogP contribution is 2.20. The Labute approximate surface area is 105 Å². The molecule has 0 spiro atoms. The van der Waals surface area contributed by atoms with Crippen molar-refractivity contribution in [1.29, 1.82) is 0 Å². The molecular formula is C12H14ClN3O. The third kappa shape index (κ3) is 2.82. The fourth-order valence-electron chi connectivity index (χ4n) is 1.61. The van der Waals surface area contributed by atoms with Gasteiger partial charge < -0.3 is 4.52 Å². The number of rotatable bonds is 5. The summed E-state index contributed by atoms with van der Waals surface area (Å²) in [7, 11) is 0. The predicted molar refractivity (Wildman–Crippen MR) is 65.9 cm³/mol. The van der Waals surface area contributed by atoms with Crippen molar-refractivity contribution in [3.63, 3.8) is 0 Å². The van der Waals surface area contributed by atoms with Crippen LogP contribution in [-0.4, -0.2) is 21.0 Å². The highest BCUT2D eigenvalue weighted by molar-refractivity contribution is 6.17. The van der Waals surface area contributed by atoms with Crippen molar-refractivity contribution in [3.05, 3.63) is 29.9 Å². The van der Waals surface area contributed by atoms with Gasteiger partial charge in [0.05, 0.1) is 0 Å². The van der Waals surface area contributed by atoms with Crippen molar-refractivity contribution in [2.75, 3.05) is 5.88 Å². The summed E-state index contributed by atoms with van der Waals surface area (Å²) in [4.78, 5) is 8.46. The average molecular weight is 252 g/mol. The fourth-order valence-corrected chi connectivity index (χ4v) is 1.74. The molecule has 0 aliphatic heterocycles. The SMILES string of the molecule is CCc1cnccc1-c1noc(CCCCl)n1. The third-order valence-corrected chi connectivity index (χ3v) is 2.79. The molecule has 0 bridgehead atoms. The Morgan fingerprint density at radius 3 is 3.06 bits per heavy atom. The second-order valence-corrected chi connectivity index (χ2v) is 4.07. The summed E-state index contributed by atoms with van der Waals surface area (Å²) in [6.07, 6.45) is 6.05. The summed E-state index contributed by atoms with van der Waals surface area (Å²) in [5.41, 5.74) is 2.11. The summed E-state index contributed by atoms with van der Waals surface area (Å²) >= 11 is 5.62. The lowest BCUT2D eigenvalue weighted by Crippen LogP contribution is -1.91. The highest BCUT2D eigenvalue weighted by Gasteiger charge is 2.11. The molecule has 2 heterocycles. The Hall–Kier alpha value is -1.42. The maximum atomic E-state index is 5.62. The molecule has 0 fully saturated rings. The van der Waals surface area contributed by atoms with E-state index in [1.807, 2.05) is 12.3 Å². The maximum absolute atomic E-state index is 5.62. The molecule has 2 aromatic rings. The van der Waals surface area contributed by atoms with Gasteiger partial charge in [-0.15, -0.1) is 11.6 Å². The number of alkyl halides is 1. The Kier molecular flexibility index (Phi) is 4.09. The van der Waals surface area contributed by atoms with E-state index < -0.39 is 0 Å². The van der Waals surface area contributed by atoms with Crippen molar-refractivity contribution in [3.8, 4) is 11.4 Å². The lowest BCUT2D eigenvalue weighted by Gasteiger charge is -2.00. The first-order valence-corrected chi connectivity index (χ1v) is 6.20. The van der Waals surface area contributed by atoms with Gasteiger partial charge in [0.25, 0.3) is 0 Å². The zero-order valence-corrected chi connectivity index (χ0v) is 10.4. The number of aryl methyl sites for hydroxylation is 2. The van der Waals surface area contributed by atoms with Crippen LogP contribution in [0.15, 0.2) is 23.0 Å². The minimum Gasteiger partial charge on any atom is -0.339 e. The standard InChI is InChI=1S/C12H14ClN3O/c1-2-9-8-14-7-5-10(9)12-15-11(17-16-12)4-3-6-13/h5,7-8H,2-4,6H2,1H3. The van der Waals surface area contributed by atoms with Crippen LogP contribution in [0, 0.1) is 0 Å². The Morgan fingerprint density at radius 2 is 2.29 bits per heavy atom.